The normalized spacial score (nSPS) is 10.3. The molecule has 164 valence electrons. The molecule has 0 aliphatic heterocycles. The molecule has 0 aromatic heterocycles. The van der Waals surface area contributed by atoms with E-state index in [4.69, 9.17) is 32.7 Å². The summed E-state index contributed by atoms with van der Waals surface area (Å²) in [6.07, 6.45) is 1.11. The standard InChI is InChI=1S/C20H25BrCl2N2O2.2ClH/c1-25(2)8-4-7-24-12-14-9-17(21)20(19(10-14)26-3)27-13-15-5-6-16(22)11-18(15)23;;/h5-6,9-11,24H,4,7-8,12-13H2,1-3H3;2*1H. The van der Waals surface area contributed by atoms with Gasteiger partial charge >= 0.3 is 0 Å². The number of halogens is 5. The number of methoxy groups -OCH3 is 1. The molecular formula is C20H27BrCl4N2O2. The molecule has 0 heterocycles. The summed E-state index contributed by atoms with van der Waals surface area (Å²) in [6.45, 7) is 3.13. The summed E-state index contributed by atoms with van der Waals surface area (Å²) in [5.41, 5.74) is 1.99. The predicted molar refractivity (Wildman–Crippen MR) is 131 cm³/mol. The van der Waals surface area contributed by atoms with Gasteiger partial charge in [0.05, 0.1) is 11.6 Å². The van der Waals surface area contributed by atoms with E-state index in [0.717, 1.165) is 41.7 Å². The summed E-state index contributed by atoms with van der Waals surface area (Å²) in [5.74, 6) is 1.33. The van der Waals surface area contributed by atoms with Gasteiger partial charge in [-0.3, -0.25) is 0 Å². The van der Waals surface area contributed by atoms with Gasteiger partial charge in [0.2, 0.25) is 0 Å². The fourth-order valence-corrected chi connectivity index (χ4v) is 3.62. The molecule has 0 fully saturated rings. The number of hydrogen-bond acceptors (Lipinski definition) is 4. The van der Waals surface area contributed by atoms with E-state index in [2.05, 4.69) is 40.2 Å². The van der Waals surface area contributed by atoms with Gasteiger partial charge in [-0.1, -0.05) is 29.3 Å². The molecule has 2 rings (SSSR count). The highest BCUT2D eigenvalue weighted by Gasteiger charge is 2.13. The molecule has 0 unspecified atom stereocenters. The van der Waals surface area contributed by atoms with Crippen molar-refractivity contribution in [1.82, 2.24) is 10.2 Å². The third-order valence-corrected chi connectivity index (χ3v) is 5.14. The van der Waals surface area contributed by atoms with Crippen molar-refractivity contribution in [1.29, 1.82) is 0 Å². The molecule has 9 heteroatoms. The van der Waals surface area contributed by atoms with Gasteiger partial charge in [-0.05, 0) is 79.4 Å². The largest absolute Gasteiger partial charge is 0.493 e. The molecule has 0 saturated carbocycles. The number of hydrogen-bond donors (Lipinski definition) is 1. The zero-order valence-corrected chi connectivity index (χ0v) is 21.4. The average Bonchev–Trinajstić information content (AvgIpc) is 2.61. The zero-order valence-electron chi connectivity index (χ0n) is 16.6. The van der Waals surface area contributed by atoms with E-state index in [1.54, 1.807) is 19.2 Å². The Balaban J connectivity index is 0.00000392. The van der Waals surface area contributed by atoms with E-state index in [1.165, 1.54) is 0 Å². The molecule has 29 heavy (non-hydrogen) atoms. The van der Waals surface area contributed by atoms with Gasteiger partial charge in [0.1, 0.15) is 6.61 Å². The Labute approximate surface area is 204 Å². The van der Waals surface area contributed by atoms with Crippen molar-refractivity contribution in [2.75, 3.05) is 34.3 Å². The molecular weight excluding hydrogens is 522 g/mol. The number of ether oxygens (including phenoxy) is 2. The van der Waals surface area contributed by atoms with Crippen LogP contribution < -0.4 is 14.8 Å². The van der Waals surface area contributed by atoms with E-state index >= 15 is 0 Å². The second kappa shape index (κ2) is 14.6. The Bertz CT molecular complexity index is 764. The van der Waals surface area contributed by atoms with Crippen LogP contribution in [-0.4, -0.2) is 39.2 Å². The van der Waals surface area contributed by atoms with Crippen molar-refractivity contribution < 1.29 is 9.47 Å². The SMILES string of the molecule is COc1cc(CNCCCN(C)C)cc(Br)c1OCc1ccc(Cl)cc1Cl.Cl.Cl. The fraction of sp³-hybridized carbons (Fsp3) is 0.400. The summed E-state index contributed by atoms with van der Waals surface area (Å²) < 4.78 is 12.3. The maximum atomic E-state index is 6.22. The molecule has 0 aliphatic carbocycles. The molecule has 2 aromatic rings. The summed E-state index contributed by atoms with van der Waals surface area (Å²) >= 11 is 15.7. The third kappa shape index (κ3) is 9.52. The topological polar surface area (TPSA) is 33.7 Å². The van der Waals surface area contributed by atoms with Gasteiger partial charge in [0.25, 0.3) is 0 Å². The van der Waals surface area contributed by atoms with Crippen molar-refractivity contribution in [3.05, 3.63) is 56.0 Å². The first-order valence-corrected chi connectivity index (χ1v) is 10.2. The molecule has 1 N–H and O–H groups in total. The molecule has 0 saturated heterocycles. The second-order valence-corrected chi connectivity index (χ2v) is 8.17. The number of nitrogens with one attached hydrogen (secondary N) is 1. The van der Waals surface area contributed by atoms with Crippen molar-refractivity contribution in [2.24, 2.45) is 0 Å². The van der Waals surface area contributed by atoms with E-state index < -0.39 is 0 Å². The Hall–Kier alpha value is -0.400. The first-order valence-electron chi connectivity index (χ1n) is 8.69. The highest BCUT2D eigenvalue weighted by atomic mass is 79.9. The lowest BCUT2D eigenvalue weighted by atomic mass is 10.2. The van der Waals surface area contributed by atoms with Gasteiger partial charge in [0, 0.05) is 22.2 Å². The maximum Gasteiger partial charge on any atom is 0.175 e. The van der Waals surface area contributed by atoms with Gasteiger partial charge in [0.15, 0.2) is 11.5 Å². The van der Waals surface area contributed by atoms with Crippen molar-refractivity contribution in [3.8, 4) is 11.5 Å². The summed E-state index contributed by atoms with van der Waals surface area (Å²) in [5, 5.41) is 4.63. The van der Waals surface area contributed by atoms with Crippen molar-refractivity contribution >= 4 is 63.9 Å². The van der Waals surface area contributed by atoms with Crippen LogP contribution in [0.2, 0.25) is 10.0 Å². The minimum atomic E-state index is 0. The fourth-order valence-electron chi connectivity index (χ4n) is 2.56. The van der Waals surface area contributed by atoms with Gasteiger partial charge in [-0.15, -0.1) is 24.8 Å². The van der Waals surface area contributed by atoms with Crippen LogP contribution in [0, 0.1) is 0 Å². The highest BCUT2D eigenvalue weighted by molar-refractivity contribution is 9.10. The van der Waals surface area contributed by atoms with Crippen LogP contribution in [0.25, 0.3) is 0 Å². The second-order valence-electron chi connectivity index (χ2n) is 6.47. The van der Waals surface area contributed by atoms with E-state index in [1.807, 2.05) is 18.2 Å². The number of benzene rings is 2. The molecule has 0 aliphatic rings. The van der Waals surface area contributed by atoms with E-state index in [9.17, 15) is 0 Å². The molecule has 4 nitrogen and oxygen atoms in total. The molecule has 0 bridgehead atoms. The van der Waals surface area contributed by atoms with Crippen LogP contribution in [0.1, 0.15) is 17.5 Å². The van der Waals surface area contributed by atoms with Crippen LogP contribution >= 0.6 is 63.9 Å². The molecule has 0 amide bonds. The lowest BCUT2D eigenvalue weighted by Gasteiger charge is -2.15. The Kier molecular flexibility index (Phi) is 14.4. The summed E-state index contributed by atoms with van der Waals surface area (Å²) in [6, 6.07) is 9.39. The molecule has 2 aromatic carbocycles. The third-order valence-electron chi connectivity index (χ3n) is 3.96. The highest BCUT2D eigenvalue weighted by Crippen LogP contribution is 2.37. The molecule has 0 radical (unpaired) electrons. The monoisotopic (exact) mass is 546 g/mol. The minimum absolute atomic E-state index is 0. The minimum Gasteiger partial charge on any atom is -0.493 e. The van der Waals surface area contributed by atoms with Crippen LogP contribution in [0.3, 0.4) is 0 Å². The van der Waals surface area contributed by atoms with Crippen LogP contribution in [0.15, 0.2) is 34.8 Å². The van der Waals surface area contributed by atoms with E-state index in [-0.39, 0.29) is 24.8 Å². The van der Waals surface area contributed by atoms with E-state index in [0.29, 0.717) is 28.2 Å². The van der Waals surface area contributed by atoms with Crippen molar-refractivity contribution in [2.45, 2.75) is 19.6 Å². The number of rotatable bonds is 10. The van der Waals surface area contributed by atoms with Crippen molar-refractivity contribution in [3.63, 3.8) is 0 Å². The molecule has 0 spiro atoms. The van der Waals surface area contributed by atoms with Gasteiger partial charge < -0.3 is 19.7 Å². The van der Waals surface area contributed by atoms with Gasteiger partial charge in [-0.2, -0.15) is 0 Å². The predicted octanol–water partition coefficient (Wildman–Crippen LogP) is 6.23. The smallest absolute Gasteiger partial charge is 0.175 e. The Morgan fingerprint density at radius 2 is 1.83 bits per heavy atom. The summed E-state index contributed by atoms with van der Waals surface area (Å²) in [4.78, 5) is 2.18. The van der Waals surface area contributed by atoms with Crippen LogP contribution in [0.5, 0.6) is 11.5 Å². The van der Waals surface area contributed by atoms with Gasteiger partial charge in [-0.25, -0.2) is 0 Å². The Morgan fingerprint density at radius 3 is 2.45 bits per heavy atom. The van der Waals surface area contributed by atoms with Crippen LogP contribution in [-0.2, 0) is 13.2 Å². The Morgan fingerprint density at radius 1 is 1.10 bits per heavy atom. The molecule has 0 atom stereocenters. The quantitative estimate of drug-likeness (QED) is 0.357. The number of nitrogens with zero attached hydrogens (tertiary/aromatic N) is 1. The first-order chi connectivity index (χ1) is 12.9. The zero-order chi connectivity index (χ0) is 19.8. The maximum absolute atomic E-state index is 6.22. The van der Waals surface area contributed by atoms with Crippen LogP contribution in [0.4, 0.5) is 0 Å². The first kappa shape index (κ1) is 28.6. The lowest BCUT2D eigenvalue weighted by molar-refractivity contribution is 0.282. The summed E-state index contributed by atoms with van der Waals surface area (Å²) in [7, 11) is 5.80. The average molecular weight is 549 g/mol. The lowest BCUT2D eigenvalue weighted by Crippen LogP contribution is -2.21.